The molecule has 2 rings (SSSR count). The lowest BCUT2D eigenvalue weighted by Crippen LogP contribution is -2.37. The number of carboxylic acid groups (broad SMARTS) is 1. The number of nitrogens with zero attached hydrogens (tertiary/aromatic N) is 2. The van der Waals surface area contributed by atoms with Gasteiger partial charge >= 0.3 is 5.97 Å². The summed E-state index contributed by atoms with van der Waals surface area (Å²) >= 11 is 12.1. The third kappa shape index (κ3) is 4.58. The smallest absolute Gasteiger partial charge is 0.322 e. The molecule has 0 spiro atoms. The minimum absolute atomic E-state index is 0.0859. The van der Waals surface area contributed by atoms with Crippen LogP contribution in [0.4, 0.5) is 0 Å². The van der Waals surface area contributed by atoms with Gasteiger partial charge in [0.15, 0.2) is 5.75 Å². The Morgan fingerprint density at radius 2 is 1.96 bits per heavy atom. The molecule has 0 saturated carbocycles. The minimum Gasteiger partial charge on any atom is -0.505 e. The van der Waals surface area contributed by atoms with Crippen LogP contribution in [-0.4, -0.2) is 38.4 Å². The summed E-state index contributed by atoms with van der Waals surface area (Å²) in [6, 6.07) is 4.89. The molecule has 2 aromatic rings. The van der Waals surface area contributed by atoms with Gasteiger partial charge in [0.2, 0.25) is 0 Å². The molecule has 1 heterocycles. The molecule has 144 valence electrons. The van der Waals surface area contributed by atoms with Gasteiger partial charge in [-0.15, -0.1) is 0 Å². The highest BCUT2D eigenvalue weighted by Gasteiger charge is 2.25. The molecule has 1 aromatic heterocycles. The van der Waals surface area contributed by atoms with E-state index in [9.17, 15) is 19.5 Å². The topological polar surface area (TPSA) is 122 Å². The van der Waals surface area contributed by atoms with E-state index in [1.54, 1.807) is 32.0 Å². The van der Waals surface area contributed by atoms with E-state index in [1.807, 2.05) is 0 Å². The number of carboxylic acids is 1. The van der Waals surface area contributed by atoms with E-state index >= 15 is 0 Å². The molecule has 0 aliphatic heterocycles. The predicted octanol–water partition coefficient (Wildman–Crippen LogP) is 2.24. The monoisotopic (exact) mass is 413 g/mol. The Morgan fingerprint density at radius 3 is 2.56 bits per heavy atom. The molecule has 0 aliphatic rings. The van der Waals surface area contributed by atoms with Gasteiger partial charge in [-0.3, -0.25) is 14.4 Å². The van der Waals surface area contributed by atoms with Gasteiger partial charge < -0.3 is 15.5 Å². The van der Waals surface area contributed by atoms with Gasteiger partial charge in [-0.2, -0.15) is 5.10 Å². The normalized spacial score (nSPS) is 10.9. The number of aliphatic carboxylic acids is 1. The summed E-state index contributed by atoms with van der Waals surface area (Å²) in [6.07, 6.45) is 0. The van der Waals surface area contributed by atoms with Crippen molar-refractivity contribution in [2.45, 2.75) is 26.3 Å². The van der Waals surface area contributed by atoms with Crippen LogP contribution in [-0.2, 0) is 11.3 Å². The van der Waals surface area contributed by atoms with E-state index < -0.39 is 35.3 Å². The van der Waals surface area contributed by atoms with Crippen LogP contribution in [0, 0.1) is 0 Å². The van der Waals surface area contributed by atoms with Gasteiger partial charge in [0.25, 0.3) is 11.5 Å². The van der Waals surface area contributed by atoms with Crippen molar-refractivity contribution in [3.05, 3.63) is 55.4 Å². The Kier molecular flexibility index (Phi) is 6.45. The van der Waals surface area contributed by atoms with Crippen LogP contribution in [0.25, 0.3) is 0 Å². The fourth-order valence-corrected chi connectivity index (χ4v) is 2.74. The first-order chi connectivity index (χ1) is 12.6. The molecule has 1 amide bonds. The highest BCUT2D eigenvalue weighted by Crippen LogP contribution is 2.27. The standard InChI is InChI=1S/C17H17Cl2N3O5/c1-8(2)14-15(25)12(16(26)20-6-11(23)24)17(27)22(21-14)7-9-4-3-5-10(18)13(9)19/h3-5,8,25H,6-7H2,1-2H3,(H,20,26)(H,23,24). The van der Waals surface area contributed by atoms with Crippen molar-refractivity contribution in [3.63, 3.8) is 0 Å². The van der Waals surface area contributed by atoms with Crippen LogP contribution in [0.15, 0.2) is 23.0 Å². The molecule has 0 aliphatic carbocycles. The predicted molar refractivity (Wildman–Crippen MR) is 99.8 cm³/mol. The number of hydrogen-bond donors (Lipinski definition) is 3. The number of hydrogen-bond acceptors (Lipinski definition) is 5. The molecule has 0 radical (unpaired) electrons. The fourth-order valence-electron chi connectivity index (χ4n) is 2.36. The van der Waals surface area contributed by atoms with Crippen molar-refractivity contribution in [2.75, 3.05) is 6.54 Å². The average Bonchev–Trinajstić information content (AvgIpc) is 2.59. The van der Waals surface area contributed by atoms with Gasteiger partial charge in [0.1, 0.15) is 17.8 Å². The van der Waals surface area contributed by atoms with Crippen LogP contribution < -0.4 is 10.9 Å². The maximum Gasteiger partial charge on any atom is 0.322 e. The average molecular weight is 414 g/mol. The zero-order chi connectivity index (χ0) is 20.3. The van der Waals surface area contributed by atoms with Gasteiger partial charge in [-0.1, -0.05) is 49.2 Å². The summed E-state index contributed by atoms with van der Waals surface area (Å²) < 4.78 is 0.988. The van der Waals surface area contributed by atoms with E-state index in [0.29, 0.717) is 10.6 Å². The minimum atomic E-state index is -1.29. The molecule has 1 aromatic carbocycles. The zero-order valence-electron chi connectivity index (χ0n) is 14.5. The van der Waals surface area contributed by atoms with E-state index in [2.05, 4.69) is 10.4 Å². The largest absolute Gasteiger partial charge is 0.505 e. The highest BCUT2D eigenvalue weighted by molar-refractivity contribution is 6.42. The molecule has 10 heteroatoms. The first kappa shape index (κ1) is 20.7. The summed E-state index contributed by atoms with van der Waals surface area (Å²) in [7, 11) is 0. The number of aromatic nitrogens is 2. The lowest BCUT2D eigenvalue weighted by Gasteiger charge is -2.15. The van der Waals surface area contributed by atoms with Gasteiger partial charge in [0, 0.05) is 5.92 Å². The third-order valence-corrected chi connectivity index (χ3v) is 4.54. The lowest BCUT2D eigenvalue weighted by atomic mass is 10.1. The van der Waals surface area contributed by atoms with Gasteiger partial charge in [-0.25, -0.2) is 4.68 Å². The highest BCUT2D eigenvalue weighted by atomic mass is 35.5. The summed E-state index contributed by atoms with van der Waals surface area (Å²) in [4.78, 5) is 35.6. The first-order valence-corrected chi connectivity index (χ1v) is 8.65. The molecule has 27 heavy (non-hydrogen) atoms. The van der Waals surface area contributed by atoms with Crippen LogP contribution in [0.5, 0.6) is 5.75 Å². The molecule has 3 N–H and O–H groups in total. The number of nitrogens with one attached hydrogen (secondary N) is 1. The first-order valence-electron chi connectivity index (χ1n) is 7.90. The SMILES string of the molecule is CC(C)c1nn(Cc2cccc(Cl)c2Cl)c(=O)c(C(=O)NCC(=O)O)c1O. The van der Waals surface area contributed by atoms with Crippen LogP contribution >= 0.6 is 23.2 Å². The number of benzene rings is 1. The lowest BCUT2D eigenvalue weighted by molar-refractivity contribution is -0.135. The van der Waals surface area contributed by atoms with Crippen LogP contribution in [0.2, 0.25) is 10.0 Å². The number of amides is 1. The number of aromatic hydroxyl groups is 1. The van der Waals surface area contributed by atoms with Crippen molar-refractivity contribution < 1.29 is 19.8 Å². The number of rotatable bonds is 6. The molecule has 0 fully saturated rings. The Hall–Kier alpha value is -2.58. The van der Waals surface area contributed by atoms with Gasteiger partial charge in [0.05, 0.1) is 16.6 Å². The molecule has 8 nitrogen and oxygen atoms in total. The molecule has 0 atom stereocenters. The Balaban J connectivity index is 2.58. The Labute approximate surface area is 164 Å². The Morgan fingerprint density at radius 1 is 1.30 bits per heavy atom. The maximum absolute atomic E-state index is 12.7. The number of carbonyl (C=O) groups excluding carboxylic acids is 1. The van der Waals surface area contributed by atoms with E-state index in [4.69, 9.17) is 28.3 Å². The molecule has 0 bridgehead atoms. The second-order valence-corrected chi connectivity index (χ2v) is 6.80. The quantitative estimate of drug-likeness (QED) is 0.667. The van der Waals surface area contributed by atoms with Crippen LogP contribution in [0.3, 0.4) is 0 Å². The van der Waals surface area contributed by atoms with E-state index in [-0.39, 0.29) is 23.2 Å². The molecule has 0 unspecified atom stereocenters. The molecule has 0 saturated heterocycles. The summed E-state index contributed by atoms with van der Waals surface area (Å²) in [5, 5.41) is 25.8. The van der Waals surface area contributed by atoms with Crippen molar-refractivity contribution in [3.8, 4) is 5.75 Å². The van der Waals surface area contributed by atoms with Crippen molar-refractivity contribution in [2.24, 2.45) is 0 Å². The van der Waals surface area contributed by atoms with E-state index in [1.165, 1.54) is 0 Å². The summed E-state index contributed by atoms with van der Waals surface area (Å²) in [5.41, 5.74) is -0.840. The van der Waals surface area contributed by atoms with Crippen molar-refractivity contribution in [1.29, 1.82) is 0 Å². The van der Waals surface area contributed by atoms with Crippen molar-refractivity contribution in [1.82, 2.24) is 15.1 Å². The van der Waals surface area contributed by atoms with E-state index in [0.717, 1.165) is 4.68 Å². The third-order valence-electron chi connectivity index (χ3n) is 3.68. The number of carbonyl (C=O) groups is 2. The fraction of sp³-hybridized carbons (Fsp3) is 0.294. The summed E-state index contributed by atoms with van der Waals surface area (Å²) in [6.45, 7) is 2.67. The maximum atomic E-state index is 12.7. The molecular weight excluding hydrogens is 397 g/mol. The van der Waals surface area contributed by atoms with Crippen LogP contribution in [0.1, 0.15) is 41.4 Å². The Bertz CT molecular complexity index is 956. The number of halogens is 2. The molecular formula is C17H17Cl2N3O5. The summed E-state index contributed by atoms with van der Waals surface area (Å²) in [5.74, 6) is -3.17. The van der Waals surface area contributed by atoms with Crippen molar-refractivity contribution >= 4 is 35.1 Å². The second kappa shape index (κ2) is 8.41. The van der Waals surface area contributed by atoms with Gasteiger partial charge in [-0.05, 0) is 11.6 Å². The zero-order valence-corrected chi connectivity index (χ0v) is 16.0. The second-order valence-electron chi connectivity index (χ2n) is 6.02.